The van der Waals surface area contributed by atoms with E-state index in [1.54, 1.807) is 11.8 Å². The van der Waals surface area contributed by atoms with Crippen LogP contribution in [0.15, 0.2) is 52.1 Å². The van der Waals surface area contributed by atoms with Crippen molar-refractivity contribution in [2.75, 3.05) is 25.4 Å². The number of carbonyl (C=O) groups is 2. The third kappa shape index (κ3) is 8.28. The average molecular weight is 537 g/mol. The Bertz CT molecular complexity index is 1060. The monoisotopic (exact) mass is 536 g/mol. The van der Waals surface area contributed by atoms with Gasteiger partial charge in [-0.05, 0) is 49.2 Å². The van der Waals surface area contributed by atoms with Crippen molar-refractivity contribution in [2.45, 2.75) is 19.0 Å². The van der Waals surface area contributed by atoms with Gasteiger partial charge in [0.25, 0.3) is 0 Å². The Morgan fingerprint density at radius 1 is 1.00 bits per heavy atom. The van der Waals surface area contributed by atoms with Crippen molar-refractivity contribution in [3.63, 3.8) is 0 Å². The van der Waals surface area contributed by atoms with E-state index in [1.807, 2.05) is 24.3 Å². The van der Waals surface area contributed by atoms with E-state index >= 15 is 0 Å². The number of halogens is 1. The Balaban J connectivity index is 0.000000569. The highest BCUT2D eigenvalue weighted by Gasteiger charge is 2.16. The highest BCUT2D eigenvalue weighted by atomic mass is 79.9. The topological polar surface area (TPSA) is 138 Å². The summed E-state index contributed by atoms with van der Waals surface area (Å²) in [5, 5.41) is 36.7. The number of nitrogens with one attached hydrogen (secondary N) is 1. The van der Waals surface area contributed by atoms with Gasteiger partial charge < -0.3 is 20.6 Å². The molecular formula is C22H25BrN4O5S. The number of nitrogens with zero attached hydrogens (tertiary/aromatic N) is 3. The van der Waals surface area contributed by atoms with Gasteiger partial charge in [0.2, 0.25) is 0 Å². The second-order valence-corrected chi connectivity index (χ2v) is 8.90. The van der Waals surface area contributed by atoms with E-state index in [-0.39, 0.29) is 6.61 Å². The highest BCUT2D eigenvalue weighted by Crippen LogP contribution is 2.29. The van der Waals surface area contributed by atoms with Crippen LogP contribution in [0, 0.1) is 13.8 Å². The Labute approximate surface area is 204 Å². The Morgan fingerprint density at radius 3 is 2.15 bits per heavy atom. The molecule has 0 atom stereocenters. The number of rotatable bonds is 8. The van der Waals surface area contributed by atoms with Crippen molar-refractivity contribution in [1.82, 2.24) is 20.1 Å². The van der Waals surface area contributed by atoms with Gasteiger partial charge in [-0.3, -0.25) is 4.57 Å². The minimum absolute atomic E-state index is 0.150. The fraction of sp³-hybridized carbons (Fsp3) is 0.273. The molecule has 1 heterocycles. The molecule has 0 aliphatic heterocycles. The van der Waals surface area contributed by atoms with E-state index in [9.17, 15) is 0 Å². The molecule has 4 N–H and O–H groups in total. The number of carboxylic acid groups (broad SMARTS) is 2. The molecule has 9 nitrogen and oxygen atoms in total. The molecule has 0 saturated carbocycles. The van der Waals surface area contributed by atoms with Gasteiger partial charge >= 0.3 is 11.9 Å². The van der Waals surface area contributed by atoms with Crippen molar-refractivity contribution >= 4 is 39.6 Å². The minimum atomic E-state index is -1.82. The molecule has 3 aromatic rings. The maximum absolute atomic E-state index is 9.10. The normalized spacial score (nSPS) is 10.4. The van der Waals surface area contributed by atoms with E-state index in [1.165, 1.54) is 11.1 Å². The van der Waals surface area contributed by atoms with Crippen LogP contribution in [-0.4, -0.2) is 67.5 Å². The number of aliphatic hydroxyl groups is 1. The lowest BCUT2D eigenvalue weighted by molar-refractivity contribution is -0.159. The summed E-state index contributed by atoms with van der Waals surface area (Å²) in [4.78, 5) is 18.2. The number of aliphatic hydroxyl groups excluding tert-OH is 1. The van der Waals surface area contributed by atoms with Crippen LogP contribution in [-0.2, 0) is 9.59 Å². The molecule has 0 amide bonds. The largest absolute Gasteiger partial charge is 0.473 e. The van der Waals surface area contributed by atoms with E-state index in [2.05, 4.69) is 68.1 Å². The second-order valence-electron chi connectivity index (χ2n) is 6.93. The average Bonchev–Trinajstić information content (AvgIpc) is 3.17. The number of thioether (sulfide) groups is 1. The van der Waals surface area contributed by atoms with Gasteiger partial charge in [-0.25, -0.2) is 9.59 Å². The van der Waals surface area contributed by atoms with E-state index in [4.69, 9.17) is 24.9 Å². The molecule has 2 aromatic carbocycles. The first-order valence-corrected chi connectivity index (χ1v) is 11.7. The molecule has 3 rings (SSSR count). The molecule has 0 bridgehead atoms. The molecule has 0 radical (unpaired) electrons. The first-order valence-electron chi connectivity index (χ1n) is 9.93. The highest BCUT2D eigenvalue weighted by molar-refractivity contribution is 9.10. The molecule has 1 aromatic heterocycles. The predicted molar refractivity (Wildman–Crippen MR) is 130 cm³/mol. The van der Waals surface area contributed by atoms with Crippen LogP contribution in [0.1, 0.15) is 11.1 Å². The van der Waals surface area contributed by atoms with Crippen LogP contribution in [0.2, 0.25) is 0 Å². The van der Waals surface area contributed by atoms with Crippen LogP contribution >= 0.6 is 27.7 Å². The fourth-order valence-corrected chi connectivity index (χ4v) is 3.99. The first kappa shape index (κ1) is 26.5. The summed E-state index contributed by atoms with van der Waals surface area (Å²) < 4.78 is 3.16. The van der Waals surface area contributed by atoms with Crippen LogP contribution in [0.4, 0.5) is 0 Å². The van der Waals surface area contributed by atoms with Crippen molar-refractivity contribution in [2.24, 2.45) is 0 Å². The zero-order chi connectivity index (χ0) is 24.4. The zero-order valence-electron chi connectivity index (χ0n) is 18.2. The number of aryl methyl sites for hydroxylation is 2. The van der Waals surface area contributed by atoms with Crippen molar-refractivity contribution in [1.29, 1.82) is 0 Å². The first-order chi connectivity index (χ1) is 15.7. The molecule has 0 saturated heterocycles. The molecule has 0 spiro atoms. The summed E-state index contributed by atoms with van der Waals surface area (Å²) in [6, 6.07) is 14.6. The fourth-order valence-electron chi connectivity index (χ4n) is 2.88. The molecule has 176 valence electrons. The number of hydrogen-bond donors (Lipinski definition) is 4. The molecule has 33 heavy (non-hydrogen) atoms. The SMILES string of the molecule is Cc1cc(C)cc(-n2c(SCCNCCO)nnc2-c2ccc(Br)cc2)c1.O=C(O)C(=O)O. The van der Waals surface area contributed by atoms with Gasteiger partial charge in [0.15, 0.2) is 11.0 Å². The van der Waals surface area contributed by atoms with Crippen molar-refractivity contribution in [3.8, 4) is 17.1 Å². The molecule has 0 aliphatic carbocycles. The molecule has 0 aliphatic rings. The summed E-state index contributed by atoms with van der Waals surface area (Å²) in [7, 11) is 0. The van der Waals surface area contributed by atoms with Crippen molar-refractivity contribution in [3.05, 3.63) is 58.1 Å². The number of carboxylic acids is 2. The van der Waals surface area contributed by atoms with Crippen LogP contribution in [0.5, 0.6) is 0 Å². The Hall–Kier alpha value is -2.73. The van der Waals surface area contributed by atoms with Gasteiger partial charge in [-0.15, -0.1) is 10.2 Å². The third-order valence-electron chi connectivity index (χ3n) is 4.18. The smallest absolute Gasteiger partial charge is 0.414 e. The van der Waals surface area contributed by atoms with E-state index in [0.29, 0.717) is 6.54 Å². The van der Waals surface area contributed by atoms with Gasteiger partial charge in [-0.2, -0.15) is 0 Å². The van der Waals surface area contributed by atoms with Gasteiger partial charge in [-0.1, -0.05) is 45.9 Å². The molecule has 11 heteroatoms. The Morgan fingerprint density at radius 2 is 1.61 bits per heavy atom. The number of aliphatic carboxylic acids is 2. The maximum atomic E-state index is 9.10. The number of benzene rings is 2. The quantitative estimate of drug-likeness (QED) is 0.194. The molecular weight excluding hydrogens is 512 g/mol. The summed E-state index contributed by atoms with van der Waals surface area (Å²) in [6.07, 6.45) is 0. The van der Waals surface area contributed by atoms with E-state index < -0.39 is 11.9 Å². The maximum Gasteiger partial charge on any atom is 0.414 e. The summed E-state index contributed by atoms with van der Waals surface area (Å²) in [5.41, 5.74) is 4.51. The van der Waals surface area contributed by atoms with Crippen LogP contribution in [0.3, 0.4) is 0 Å². The predicted octanol–water partition coefficient (Wildman–Crippen LogP) is 3.14. The Kier molecular flexibility index (Phi) is 10.5. The van der Waals surface area contributed by atoms with Gasteiger partial charge in [0.05, 0.1) is 12.3 Å². The van der Waals surface area contributed by atoms with Gasteiger partial charge in [0, 0.05) is 28.9 Å². The number of aromatic nitrogens is 3. The third-order valence-corrected chi connectivity index (χ3v) is 5.64. The van der Waals surface area contributed by atoms with Gasteiger partial charge in [0.1, 0.15) is 0 Å². The molecule has 0 fully saturated rings. The van der Waals surface area contributed by atoms with E-state index in [0.717, 1.165) is 39.0 Å². The van der Waals surface area contributed by atoms with Crippen LogP contribution in [0.25, 0.3) is 17.1 Å². The second kappa shape index (κ2) is 13.1. The summed E-state index contributed by atoms with van der Waals surface area (Å²) in [5.74, 6) is -1.97. The van der Waals surface area contributed by atoms with Crippen LogP contribution < -0.4 is 5.32 Å². The lowest BCUT2D eigenvalue weighted by Crippen LogP contribution is -2.20. The zero-order valence-corrected chi connectivity index (χ0v) is 20.6. The molecule has 0 unspecified atom stereocenters. The minimum Gasteiger partial charge on any atom is -0.473 e. The summed E-state index contributed by atoms with van der Waals surface area (Å²) in [6.45, 7) is 5.77. The number of hydrogen-bond acceptors (Lipinski definition) is 7. The summed E-state index contributed by atoms with van der Waals surface area (Å²) >= 11 is 5.15. The lowest BCUT2D eigenvalue weighted by atomic mass is 10.1. The standard InChI is InChI=1S/C20H23BrN4OS.C2H2O4/c1-14-11-15(2)13-18(12-14)25-19(16-3-5-17(21)6-4-16)23-24-20(25)27-10-8-22-7-9-26;3-1(4)2(5)6/h3-6,11-13,22,26H,7-10H2,1-2H3;(H,3,4)(H,5,6). The lowest BCUT2D eigenvalue weighted by Gasteiger charge is -2.12. The van der Waals surface area contributed by atoms with Crippen molar-refractivity contribution < 1.29 is 24.9 Å².